The SMILES string of the molecule is CCO[C@H](c1ccc([C@H](CC)CC(=O)O)cc1Nc1cnc(OC)nc1)C(F)(F)F. The highest BCUT2D eigenvalue weighted by molar-refractivity contribution is 5.69. The number of alkyl halides is 3. The molecule has 0 saturated heterocycles. The highest BCUT2D eigenvalue weighted by Crippen LogP contribution is 2.41. The van der Waals surface area contributed by atoms with Crippen molar-refractivity contribution in [2.24, 2.45) is 0 Å². The van der Waals surface area contributed by atoms with Crippen LogP contribution in [-0.4, -0.2) is 40.9 Å². The molecule has 0 radical (unpaired) electrons. The third-order valence-corrected chi connectivity index (χ3v) is 4.47. The first kappa shape index (κ1) is 23.4. The predicted molar refractivity (Wildman–Crippen MR) is 104 cm³/mol. The van der Waals surface area contributed by atoms with Gasteiger partial charge in [-0.15, -0.1) is 0 Å². The van der Waals surface area contributed by atoms with Gasteiger partial charge >= 0.3 is 18.2 Å². The second-order valence-electron chi connectivity index (χ2n) is 6.51. The fraction of sp³-hybridized carbons (Fsp3) is 0.450. The lowest BCUT2D eigenvalue weighted by atomic mass is 9.91. The quantitative estimate of drug-likeness (QED) is 0.560. The molecule has 0 bridgehead atoms. The smallest absolute Gasteiger partial charge is 0.418 e. The summed E-state index contributed by atoms with van der Waals surface area (Å²) in [4.78, 5) is 19.0. The first-order valence-electron chi connectivity index (χ1n) is 9.36. The minimum atomic E-state index is -4.63. The molecule has 0 unspecified atom stereocenters. The van der Waals surface area contributed by atoms with E-state index in [0.717, 1.165) is 0 Å². The van der Waals surface area contributed by atoms with E-state index in [1.807, 2.05) is 6.92 Å². The summed E-state index contributed by atoms with van der Waals surface area (Å²) < 4.78 is 50.8. The number of halogens is 3. The number of carboxylic acids is 1. The molecule has 1 aromatic heterocycles. The van der Waals surface area contributed by atoms with Gasteiger partial charge in [-0.1, -0.05) is 19.1 Å². The van der Waals surface area contributed by atoms with Crippen LogP contribution in [0.15, 0.2) is 30.6 Å². The average molecular weight is 427 g/mol. The Morgan fingerprint density at radius 2 is 1.90 bits per heavy atom. The van der Waals surface area contributed by atoms with Gasteiger partial charge in [-0.2, -0.15) is 13.2 Å². The minimum absolute atomic E-state index is 0.115. The highest BCUT2D eigenvalue weighted by Gasteiger charge is 2.43. The molecule has 0 amide bonds. The van der Waals surface area contributed by atoms with Crippen LogP contribution in [0.5, 0.6) is 6.01 Å². The number of anilines is 2. The summed E-state index contributed by atoms with van der Waals surface area (Å²) in [5.74, 6) is -1.33. The Bertz CT molecular complexity index is 844. The first-order chi connectivity index (χ1) is 14.2. The summed E-state index contributed by atoms with van der Waals surface area (Å²) in [6.07, 6.45) is -3.63. The Balaban J connectivity index is 2.52. The van der Waals surface area contributed by atoms with Crippen molar-refractivity contribution >= 4 is 17.3 Å². The lowest BCUT2D eigenvalue weighted by molar-refractivity contribution is -0.222. The Hall–Kier alpha value is -2.88. The van der Waals surface area contributed by atoms with E-state index in [0.29, 0.717) is 17.7 Å². The van der Waals surface area contributed by atoms with Crippen LogP contribution < -0.4 is 10.1 Å². The molecule has 1 heterocycles. The molecule has 0 aliphatic carbocycles. The largest absolute Gasteiger partial charge is 0.481 e. The molecule has 2 atom stereocenters. The Morgan fingerprint density at radius 1 is 1.23 bits per heavy atom. The molecular formula is C20H24F3N3O4. The van der Waals surface area contributed by atoms with E-state index in [2.05, 4.69) is 15.3 Å². The monoisotopic (exact) mass is 427 g/mol. The van der Waals surface area contributed by atoms with E-state index in [-0.39, 0.29) is 36.2 Å². The van der Waals surface area contributed by atoms with Gasteiger partial charge in [0.25, 0.3) is 0 Å². The number of nitrogens with zero attached hydrogens (tertiary/aromatic N) is 2. The molecule has 2 aromatic rings. The van der Waals surface area contributed by atoms with Crippen molar-refractivity contribution in [2.75, 3.05) is 19.0 Å². The zero-order valence-corrected chi connectivity index (χ0v) is 16.9. The maximum Gasteiger partial charge on any atom is 0.418 e. The van der Waals surface area contributed by atoms with Crippen molar-refractivity contribution < 1.29 is 32.5 Å². The van der Waals surface area contributed by atoms with Crippen molar-refractivity contribution in [1.82, 2.24) is 9.97 Å². The van der Waals surface area contributed by atoms with Crippen LogP contribution in [0.25, 0.3) is 0 Å². The summed E-state index contributed by atoms with van der Waals surface area (Å²) in [5, 5.41) is 12.0. The summed E-state index contributed by atoms with van der Waals surface area (Å²) in [7, 11) is 1.40. The predicted octanol–water partition coefficient (Wildman–Crippen LogP) is 4.84. The van der Waals surface area contributed by atoms with Gasteiger partial charge in [-0.25, -0.2) is 9.97 Å². The summed E-state index contributed by atoms with van der Waals surface area (Å²) in [6, 6.07) is 4.47. The van der Waals surface area contributed by atoms with E-state index in [9.17, 15) is 18.0 Å². The number of ether oxygens (including phenoxy) is 2. The fourth-order valence-electron chi connectivity index (χ4n) is 3.04. The first-order valence-corrected chi connectivity index (χ1v) is 9.36. The van der Waals surface area contributed by atoms with Crippen LogP contribution in [0.1, 0.15) is 49.8 Å². The number of hydrogen-bond donors (Lipinski definition) is 2. The van der Waals surface area contributed by atoms with Crippen LogP contribution in [0, 0.1) is 0 Å². The second kappa shape index (κ2) is 10.2. The maximum atomic E-state index is 13.6. The van der Waals surface area contributed by atoms with Gasteiger partial charge in [0.1, 0.15) is 0 Å². The Kier molecular flexibility index (Phi) is 7.99. The molecule has 0 aliphatic rings. The molecule has 164 valence electrons. The Morgan fingerprint density at radius 3 is 2.40 bits per heavy atom. The van der Waals surface area contributed by atoms with Crippen LogP contribution in [0.3, 0.4) is 0 Å². The lowest BCUT2D eigenvalue weighted by Gasteiger charge is -2.25. The van der Waals surface area contributed by atoms with Gasteiger partial charge < -0.3 is 19.9 Å². The average Bonchev–Trinajstić information content (AvgIpc) is 2.70. The molecule has 0 spiro atoms. The molecule has 0 aliphatic heterocycles. The van der Waals surface area contributed by atoms with Gasteiger partial charge in [-0.05, 0) is 30.9 Å². The topological polar surface area (TPSA) is 93.6 Å². The molecular weight excluding hydrogens is 403 g/mol. The number of rotatable bonds is 10. The van der Waals surface area contributed by atoms with Crippen molar-refractivity contribution in [1.29, 1.82) is 0 Å². The van der Waals surface area contributed by atoms with Gasteiger partial charge in [0.05, 0.1) is 31.6 Å². The molecule has 10 heteroatoms. The molecule has 0 saturated carbocycles. The number of nitrogens with one attached hydrogen (secondary N) is 1. The number of methoxy groups -OCH3 is 1. The molecule has 2 N–H and O–H groups in total. The molecule has 30 heavy (non-hydrogen) atoms. The summed E-state index contributed by atoms with van der Waals surface area (Å²) in [6.45, 7) is 3.18. The number of carbonyl (C=O) groups is 1. The van der Waals surface area contributed by atoms with E-state index in [1.54, 1.807) is 0 Å². The van der Waals surface area contributed by atoms with Crippen LogP contribution in [0.2, 0.25) is 0 Å². The number of hydrogen-bond acceptors (Lipinski definition) is 6. The van der Waals surface area contributed by atoms with E-state index in [1.165, 1.54) is 44.6 Å². The van der Waals surface area contributed by atoms with Gasteiger partial charge in [-0.3, -0.25) is 4.79 Å². The highest BCUT2D eigenvalue weighted by atomic mass is 19.4. The molecule has 0 fully saturated rings. The van der Waals surface area contributed by atoms with E-state index < -0.39 is 18.2 Å². The Labute approximate surface area is 172 Å². The number of aromatic nitrogens is 2. The van der Waals surface area contributed by atoms with Crippen LogP contribution in [0.4, 0.5) is 24.5 Å². The lowest BCUT2D eigenvalue weighted by Crippen LogP contribution is -2.24. The standard InChI is InChI=1S/C20H24F3N3O4/c1-4-12(9-17(27)28)13-6-7-15(18(30-5-2)20(21,22)23)16(8-13)26-14-10-24-19(29-3)25-11-14/h6-8,10-12,18,26H,4-5,9H2,1-3H3,(H,27,28)/t12-,18-/m1/s1. The summed E-state index contributed by atoms with van der Waals surface area (Å²) in [5.41, 5.74) is 0.978. The zero-order chi connectivity index (χ0) is 22.3. The second-order valence-corrected chi connectivity index (χ2v) is 6.51. The third kappa shape index (κ3) is 6.06. The normalized spacial score (nSPS) is 13.5. The third-order valence-electron chi connectivity index (χ3n) is 4.47. The number of carboxylic acid groups (broad SMARTS) is 1. The van der Waals surface area contributed by atoms with Crippen LogP contribution in [-0.2, 0) is 9.53 Å². The maximum absolute atomic E-state index is 13.6. The summed E-state index contributed by atoms with van der Waals surface area (Å²) >= 11 is 0. The molecule has 7 nitrogen and oxygen atoms in total. The van der Waals surface area contributed by atoms with E-state index >= 15 is 0 Å². The van der Waals surface area contributed by atoms with Gasteiger partial charge in [0.2, 0.25) is 0 Å². The minimum Gasteiger partial charge on any atom is -0.481 e. The van der Waals surface area contributed by atoms with Crippen molar-refractivity contribution in [3.05, 3.63) is 41.7 Å². The zero-order valence-electron chi connectivity index (χ0n) is 16.9. The number of aliphatic carboxylic acids is 1. The molecule has 2 rings (SSSR count). The fourth-order valence-corrected chi connectivity index (χ4v) is 3.04. The van der Waals surface area contributed by atoms with Crippen molar-refractivity contribution in [3.63, 3.8) is 0 Å². The molecule has 1 aromatic carbocycles. The number of benzene rings is 1. The van der Waals surface area contributed by atoms with Crippen molar-refractivity contribution in [2.45, 2.75) is 44.9 Å². The van der Waals surface area contributed by atoms with Gasteiger partial charge in [0, 0.05) is 17.9 Å². The van der Waals surface area contributed by atoms with Gasteiger partial charge in [0.15, 0.2) is 6.10 Å². The van der Waals surface area contributed by atoms with Crippen LogP contribution >= 0.6 is 0 Å². The van der Waals surface area contributed by atoms with Crippen molar-refractivity contribution in [3.8, 4) is 6.01 Å². The van der Waals surface area contributed by atoms with E-state index in [4.69, 9.17) is 14.6 Å².